The number of aliphatic hydroxyl groups excluding tert-OH is 2. The first kappa shape index (κ1) is 21.7. The van der Waals surface area contributed by atoms with Gasteiger partial charge in [0.05, 0.1) is 23.8 Å². The first-order valence-corrected chi connectivity index (χ1v) is 10.4. The summed E-state index contributed by atoms with van der Waals surface area (Å²) in [7, 11) is -1.50. The Morgan fingerprint density at radius 3 is 2.67 bits per heavy atom. The molecular formula is C15H25N6O4PS. The van der Waals surface area contributed by atoms with Crippen molar-refractivity contribution in [1.82, 2.24) is 14.3 Å². The fraction of sp³-hybridized carbons (Fsp3) is 0.533. The lowest BCUT2D eigenvalue weighted by atomic mass is 10.3. The zero-order valence-electron chi connectivity index (χ0n) is 15.3. The van der Waals surface area contributed by atoms with E-state index in [0.717, 1.165) is 10.6 Å². The van der Waals surface area contributed by atoms with Crippen molar-refractivity contribution in [2.45, 2.75) is 19.9 Å². The fourth-order valence-electron chi connectivity index (χ4n) is 2.42. The number of nitrogens with zero attached hydrogens (tertiary/aromatic N) is 5. The maximum Gasteiger partial charge on any atom is 0.321 e. The lowest BCUT2D eigenvalue weighted by molar-refractivity contribution is -0.141. The molecule has 0 spiro atoms. The molecule has 0 radical (unpaired) electrons. The molecule has 1 aromatic heterocycles. The highest BCUT2D eigenvalue weighted by Gasteiger charge is 2.38. The van der Waals surface area contributed by atoms with Gasteiger partial charge in [-0.05, 0) is 25.3 Å². The summed E-state index contributed by atoms with van der Waals surface area (Å²) in [6.07, 6.45) is 0. The average molecular weight is 416 g/mol. The van der Waals surface area contributed by atoms with Crippen LogP contribution in [0.4, 0.5) is 0 Å². The van der Waals surface area contributed by atoms with Crippen LogP contribution in [0, 0.1) is 0 Å². The smallest absolute Gasteiger partial charge is 0.321 e. The van der Waals surface area contributed by atoms with Crippen LogP contribution in [0.2, 0.25) is 0 Å². The van der Waals surface area contributed by atoms with Crippen LogP contribution in [0.1, 0.15) is 18.7 Å². The third-order valence-corrected chi connectivity index (χ3v) is 7.09. The molecule has 1 unspecified atom stereocenters. The number of hydrogen-bond acceptors (Lipinski definition) is 10. The number of carboxylic acids is 1. The largest absolute Gasteiger partial charge is 0.480 e. The standard InChI is InChI=1S/C15H25N6O4PS/c1-11(13-4-3-9-27-13)17-20-10-21(12(2)14(24)25)26(18-15(20)16)19(5-7-22)6-8-23/h3-4,9,12,22-23H,5-8,10H2,1-2H3,(H2,16,18)(H,24,25)/t12-,26?/m1/s1. The van der Waals surface area contributed by atoms with Crippen LogP contribution in [0.15, 0.2) is 27.4 Å². The number of carboxylic acid groups (broad SMARTS) is 1. The molecule has 27 heavy (non-hydrogen) atoms. The van der Waals surface area contributed by atoms with Crippen LogP contribution in [-0.2, 0) is 4.79 Å². The van der Waals surface area contributed by atoms with Crippen molar-refractivity contribution < 1.29 is 20.1 Å². The van der Waals surface area contributed by atoms with Crippen molar-refractivity contribution in [2.75, 3.05) is 33.0 Å². The van der Waals surface area contributed by atoms with Crippen molar-refractivity contribution in [2.24, 2.45) is 15.6 Å². The second-order valence-corrected chi connectivity index (χ2v) is 8.55. The lowest BCUT2D eigenvalue weighted by Gasteiger charge is -2.42. The van der Waals surface area contributed by atoms with E-state index in [-0.39, 0.29) is 38.9 Å². The van der Waals surface area contributed by atoms with Gasteiger partial charge >= 0.3 is 5.97 Å². The first-order valence-electron chi connectivity index (χ1n) is 8.35. The Morgan fingerprint density at radius 1 is 1.48 bits per heavy atom. The number of aliphatic carboxylic acids is 1. The Morgan fingerprint density at radius 2 is 2.15 bits per heavy atom. The lowest BCUT2D eigenvalue weighted by Crippen LogP contribution is -2.51. The average Bonchev–Trinajstić information content (AvgIpc) is 3.17. The van der Waals surface area contributed by atoms with Crippen LogP contribution in [-0.4, -0.2) is 86.3 Å². The summed E-state index contributed by atoms with van der Waals surface area (Å²) in [4.78, 5) is 12.6. The number of guanidine groups is 1. The zero-order chi connectivity index (χ0) is 20.0. The van der Waals surface area contributed by atoms with Gasteiger partial charge in [-0.1, -0.05) is 6.07 Å². The van der Waals surface area contributed by atoms with E-state index in [1.807, 2.05) is 24.4 Å². The first-order chi connectivity index (χ1) is 12.9. The predicted octanol–water partition coefficient (Wildman–Crippen LogP) is 0.349. The fourth-order valence-corrected chi connectivity index (χ4v) is 5.12. The van der Waals surface area contributed by atoms with Gasteiger partial charge in [-0.25, -0.2) is 14.3 Å². The van der Waals surface area contributed by atoms with E-state index in [2.05, 4.69) is 9.86 Å². The molecule has 2 heterocycles. The third kappa shape index (κ3) is 5.44. The molecule has 1 aromatic rings. The van der Waals surface area contributed by atoms with Crippen LogP contribution in [0.3, 0.4) is 0 Å². The van der Waals surface area contributed by atoms with E-state index in [4.69, 9.17) is 5.73 Å². The number of hydrazone groups is 1. The van der Waals surface area contributed by atoms with Crippen LogP contribution in [0.5, 0.6) is 0 Å². The van der Waals surface area contributed by atoms with Crippen LogP contribution < -0.4 is 5.73 Å². The SMILES string of the molecule is CC(=NN1CN([C@H](C)C(=O)O)P(N(CCO)CCO)N=C1N)c1cccs1. The van der Waals surface area contributed by atoms with E-state index >= 15 is 0 Å². The summed E-state index contributed by atoms with van der Waals surface area (Å²) >= 11 is 1.55. The van der Waals surface area contributed by atoms with Gasteiger partial charge in [-0.2, -0.15) is 9.86 Å². The van der Waals surface area contributed by atoms with Gasteiger partial charge in [0.15, 0.2) is 8.37 Å². The van der Waals surface area contributed by atoms with E-state index in [0.29, 0.717) is 0 Å². The van der Waals surface area contributed by atoms with Gasteiger partial charge in [0.2, 0.25) is 5.96 Å². The van der Waals surface area contributed by atoms with E-state index in [1.54, 1.807) is 27.6 Å². The van der Waals surface area contributed by atoms with Crippen molar-refractivity contribution in [1.29, 1.82) is 0 Å². The second-order valence-electron chi connectivity index (χ2n) is 5.78. The predicted molar refractivity (Wildman–Crippen MR) is 106 cm³/mol. The van der Waals surface area contributed by atoms with Crippen molar-refractivity contribution in [3.8, 4) is 0 Å². The van der Waals surface area contributed by atoms with Gasteiger partial charge in [-0.15, -0.1) is 11.3 Å². The summed E-state index contributed by atoms with van der Waals surface area (Å²) in [6.45, 7) is 3.80. The minimum Gasteiger partial charge on any atom is -0.480 e. The molecule has 0 aromatic carbocycles. The molecular weight excluding hydrogens is 391 g/mol. The summed E-state index contributed by atoms with van der Waals surface area (Å²) in [5.74, 6) is -0.822. The number of nitrogens with two attached hydrogens (primary N) is 1. The summed E-state index contributed by atoms with van der Waals surface area (Å²) in [5, 5.41) is 36.0. The molecule has 0 amide bonds. The number of hydrogen-bond donors (Lipinski definition) is 4. The monoisotopic (exact) mass is 416 g/mol. The molecule has 0 saturated carbocycles. The summed E-state index contributed by atoms with van der Waals surface area (Å²) < 4.78 is 7.88. The Kier molecular flexibility index (Phi) is 8.08. The maximum absolute atomic E-state index is 11.6. The molecule has 0 bridgehead atoms. The molecule has 150 valence electrons. The molecule has 2 atom stereocenters. The Labute approximate surface area is 163 Å². The molecule has 2 rings (SSSR count). The topological polar surface area (TPSA) is 138 Å². The highest BCUT2D eigenvalue weighted by Crippen LogP contribution is 2.49. The van der Waals surface area contributed by atoms with Crippen LogP contribution in [0.25, 0.3) is 0 Å². The molecule has 0 aliphatic carbocycles. The number of carbonyl (C=O) groups is 1. The summed E-state index contributed by atoms with van der Waals surface area (Å²) in [6, 6.07) is 3.02. The molecule has 1 aliphatic rings. The van der Waals surface area contributed by atoms with Crippen molar-refractivity contribution in [3.63, 3.8) is 0 Å². The van der Waals surface area contributed by atoms with Gasteiger partial charge in [0, 0.05) is 13.1 Å². The normalized spacial score (nSPS) is 20.0. The van der Waals surface area contributed by atoms with Crippen LogP contribution >= 0.6 is 19.7 Å². The number of rotatable bonds is 9. The Hall–Kier alpha value is -1.62. The van der Waals surface area contributed by atoms with Gasteiger partial charge in [-0.3, -0.25) is 4.79 Å². The highest BCUT2D eigenvalue weighted by atomic mass is 32.1. The molecule has 0 saturated heterocycles. The minimum atomic E-state index is -1.50. The number of aliphatic hydroxyl groups is 2. The highest BCUT2D eigenvalue weighted by molar-refractivity contribution is 7.51. The number of thiophene rings is 1. The van der Waals surface area contributed by atoms with Crippen molar-refractivity contribution in [3.05, 3.63) is 22.4 Å². The minimum absolute atomic E-state index is 0.136. The quantitative estimate of drug-likeness (QED) is 0.334. The molecule has 12 heteroatoms. The van der Waals surface area contributed by atoms with Gasteiger partial charge < -0.3 is 21.1 Å². The molecule has 1 aliphatic heterocycles. The van der Waals surface area contributed by atoms with Crippen molar-refractivity contribution >= 4 is 37.4 Å². The maximum atomic E-state index is 11.6. The Balaban J connectivity index is 2.35. The molecule has 10 nitrogen and oxygen atoms in total. The zero-order valence-corrected chi connectivity index (χ0v) is 17.0. The van der Waals surface area contributed by atoms with E-state index in [1.165, 1.54) is 5.01 Å². The van der Waals surface area contributed by atoms with Gasteiger partial charge in [0.25, 0.3) is 0 Å². The summed E-state index contributed by atoms with van der Waals surface area (Å²) in [5.41, 5.74) is 6.85. The van der Waals surface area contributed by atoms with E-state index < -0.39 is 20.4 Å². The Bertz CT molecular complexity index is 680. The molecule has 5 N–H and O–H groups in total. The third-order valence-electron chi connectivity index (χ3n) is 3.89. The molecule has 0 fully saturated rings. The van der Waals surface area contributed by atoms with Gasteiger partial charge in [0.1, 0.15) is 12.7 Å². The second kappa shape index (κ2) is 10.1. The van der Waals surface area contributed by atoms with E-state index in [9.17, 15) is 20.1 Å².